The summed E-state index contributed by atoms with van der Waals surface area (Å²) in [6, 6.07) is 3.65. The minimum absolute atomic E-state index is 0.128. The number of carbonyl (C=O) groups excluding carboxylic acids is 1. The van der Waals surface area contributed by atoms with Gasteiger partial charge in [-0.3, -0.25) is 4.79 Å². The minimum atomic E-state index is -3.76. The molecule has 0 radical (unpaired) electrons. The van der Waals surface area contributed by atoms with Crippen LogP contribution in [0.15, 0.2) is 17.0 Å². The van der Waals surface area contributed by atoms with Crippen LogP contribution in [0.1, 0.15) is 48.8 Å². The predicted octanol–water partition coefficient (Wildman–Crippen LogP) is 2.70. The number of hydrogen-bond donors (Lipinski definition) is 1. The molecule has 152 valence electrons. The van der Waals surface area contributed by atoms with E-state index in [2.05, 4.69) is 5.32 Å². The van der Waals surface area contributed by atoms with Crippen LogP contribution in [0.25, 0.3) is 0 Å². The molecule has 1 aromatic carbocycles. The Morgan fingerprint density at radius 3 is 2.30 bits per heavy atom. The number of methoxy groups -OCH3 is 1. The zero-order valence-electron chi connectivity index (χ0n) is 16.9. The van der Waals surface area contributed by atoms with Crippen molar-refractivity contribution in [1.29, 1.82) is 0 Å². The van der Waals surface area contributed by atoms with Crippen molar-refractivity contribution in [3.8, 4) is 0 Å². The Labute approximate surface area is 163 Å². The molecule has 0 spiro atoms. The number of rotatable bonds is 8. The highest BCUT2D eigenvalue weighted by atomic mass is 32.2. The van der Waals surface area contributed by atoms with Crippen molar-refractivity contribution in [3.05, 3.63) is 28.8 Å². The largest absolute Gasteiger partial charge is 0.383 e. The average Bonchev–Trinajstić information content (AvgIpc) is 2.59. The molecule has 0 aliphatic heterocycles. The van der Waals surface area contributed by atoms with E-state index in [1.54, 1.807) is 7.11 Å². The number of amides is 1. The molecule has 0 bridgehead atoms. The van der Waals surface area contributed by atoms with Crippen LogP contribution in [-0.2, 0) is 19.6 Å². The smallest absolute Gasteiger partial charge is 0.244 e. The number of sulfonamides is 1. The van der Waals surface area contributed by atoms with Gasteiger partial charge in [0.2, 0.25) is 15.9 Å². The van der Waals surface area contributed by atoms with E-state index < -0.39 is 10.0 Å². The van der Waals surface area contributed by atoms with E-state index in [9.17, 15) is 13.2 Å². The third kappa shape index (κ3) is 5.53. The number of nitrogens with one attached hydrogen (secondary N) is 1. The zero-order chi connectivity index (χ0) is 20.0. The van der Waals surface area contributed by atoms with Gasteiger partial charge in [0.25, 0.3) is 0 Å². The van der Waals surface area contributed by atoms with Crippen LogP contribution in [0.3, 0.4) is 0 Å². The summed E-state index contributed by atoms with van der Waals surface area (Å²) in [6.45, 7) is 6.23. The lowest BCUT2D eigenvalue weighted by atomic mass is 9.95. The maximum Gasteiger partial charge on any atom is 0.244 e. The molecule has 1 amide bonds. The Morgan fingerprint density at radius 1 is 1.15 bits per heavy atom. The first-order valence-electron chi connectivity index (χ1n) is 9.62. The molecule has 27 heavy (non-hydrogen) atoms. The second kappa shape index (κ2) is 9.66. The molecular weight excluding hydrogens is 364 g/mol. The summed E-state index contributed by atoms with van der Waals surface area (Å²) >= 11 is 0. The van der Waals surface area contributed by atoms with Crippen molar-refractivity contribution in [3.63, 3.8) is 0 Å². The average molecular weight is 397 g/mol. The van der Waals surface area contributed by atoms with Crippen LogP contribution >= 0.6 is 0 Å². The summed E-state index contributed by atoms with van der Waals surface area (Å²) in [7, 11) is -2.20. The fraction of sp³-hybridized carbons (Fsp3) is 0.650. The first-order valence-corrected chi connectivity index (χ1v) is 11.1. The molecule has 0 unspecified atom stereocenters. The molecule has 1 aliphatic carbocycles. The van der Waals surface area contributed by atoms with Gasteiger partial charge in [-0.25, -0.2) is 8.42 Å². The number of aryl methyl sites for hydroxylation is 3. The molecule has 0 heterocycles. The lowest BCUT2D eigenvalue weighted by Crippen LogP contribution is -2.47. The molecule has 1 aromatic rings. The Hall–Kier alpha value is -1.44. The zero-order valence-corrected chi connectivity index (χ0v) is 17.7. The molecule has 1 aliphatic rings. The number of hydrogen-bond acceptors (Lipinski definition) is 4. The second-order valence-electron chi connectivity index (χ2n) is 7.41. The molecule has 1 saturated carbocycles. The Bertz CT molecular complexity index is 732. The Kier molecular flexibility index (Phi) is 7.82. The van der Waals surface area contributed by atoms with Crippen LogP contribution in [0.2, 0.25) is 0 Å². The molecule has 1 fully saturated rings. The maximum absolute atomic E-state index is 13.6. The van der Waals surface area contributed by atoms with Gasteiger partial charge in [0.05, 0.1) is 18.0 Å². The summed E-state index contributed by atoms with van der Waals surface area (Å²) in [6.07, 6.45) is 4.71. The van der Waals surface area contributed by atoms with Gasteiger partial charge >= 0.3 is 0 Å². The number of carbonyl (C=O) groups is 1. The van der Waals surface area contributed by atoms with E-state index in [0.717, 1.165) is 48.8 Å². The minimum Gasteiger partial charge on any atom is -0.383 e. The van der Waals surface area contributed by atoms with Gasteiger partial charge in [-0.2, -0.15) is 4.31 Å². The summed E-state index contributed by atoms with van der Waals surface area (Å²) in [5.41, 5.74) is 2.49. The van der Waals surface area contributed by atoms with Gasteiger partial charge in [-0.1, -0.05) is 37.0 Å². The van der Waals surface area contributed by atoms with Gasteiger partial charge in [0.15, 0.2) is 0 Å². The number of ether oxygens (including phenoxy) is 1. The van der Waals surface area contributed by atoms with E-state index in [-0.39, 0.29) is 18.5 Å². The van der Waals surface area contributed by atoms with E-state index in [4.69, 9.17) is 4.74 Å². The Balaban J connectivity index is 2.35. The molecule has 2 rings (SSSR count). The van der Waals surface area contributed by atoms with Gasteiger partial charge in [-0.05, 0) is 44.7 Å². The van der Waals surface area contributed by atoms with Crippen LogP contribution in [0.5, 0.6) is 0 Å². The van der Waals surface area contributed by atoms with Crippen LogP contribution < -0.4 is 5.32 Å². The molecule has 6 nitrogen and oxygen atoms in total. The monoisotopic (exact) mass is 396 g/mol. The summed E-state index contributed by atoms with van der Waals surface area (Å²) in [5, 5.41) is 2.75. The SMILES string of the molecule is COCCNC(=O)CN(C1CCCCC1)S(=O)(=O)c1c(C)cc(C)cc1C. The topological polar surface area (TPSA) is 75.7 Å². The number of nitrogens with zero attached hydrogens (tertiary/aromatic N) is 1. The van der Waals surface area contributed by atoms with Crippen LogP contribution in [0.4, 0.5) is 0 Å². The third-order valence-electron chi connectivity index (χ3n) is 5.08. The second-order valence-corrected chi connectivity index (χ2v) is 9.24. The van der Waals surface area contributed by atoms with Crippen LogP contribution in [-0.4, -0.2) is 51.5 Å². The van der Waals surface area contributed by atoms with E-state index in [1.165, 1.54) is 4.31 Å². The van der Waals surface area contributed by atoms with E-state index in [0.29, 0.717) is 18.0 Å². The van der Waals surface area contributed by atoms with Crippen molar-refractivity contribution in [2.45, 2.75) is 63.8 Å². The molecule has 7 heteroatoms. The Morgan fingerprint density at radius 2 is 1.74 bits per heavy atom. The molecule has 0 aromatic heterocycles. The van der Waals surface area contributed by atoms with Crippen molar-refractivity contribution >= 4 is 15.9 Å². The molecule has 0 atom stereocenters. The van der Waals surface area contributed by atoms with Crippen LogP contribution in [0, 0.1) is 20.8 Å². The van der Waals surface area contributed by atoms with Crippen molar-refractivity contribution in [2.24, 2.45) is 0 Å². The van der Waals surface area contributed by atoms with Gasteiger partial charge in [-0.15, -0.1) is 0 Å². The van der Waals surface area contributed by atoms with Crippen molar-refractivity contribution in [1.82, 2.24) is 9.62 Å². The first-order chi connectivity index (χ1) is 12.8. The lowest BCUT2D eigenvalue weighted by Gasteiger charge is -2.33. The fourth-order valence-electron chi connectivity index (χ4n) is 3.96. The molecule has 0 saturated heterocycles. The van der Waals surface area contributed by atoms with E-state index in [1.807, 2.05) is 32.9 Å². The lowest BCUT2D eigenvalue weighted by molar-refractivity contribution is -0.121. The molecule has 1 N–H and O–H groups in total. The van der Waals surface area contributed by atoms with Gasteiger partial charge in [0.1, 0.15) is 0 Å². The van der Waals surface area contributed by atoms with Gasteiger partial charge in [0, 0.05) is 19.7 Å². The first kappa shape index (κ1) is 21.9. The third-order valence-corrected chi connectivity index (χ3v) is 7.29. The normalized spacial score (nSPS) is 15.9. The maximum atomic E-state index is 13.6. The summed E-state index contributed by atoms with van der Waals surface area (Å²) < 4.78 is 33.5. The summed E-state index contributed by atoms with van der Waals surface area (Å²) in [4.78, 5) is 12.7. The molecular formula is C20H32N2O4S. The van der Waals surface area contributed by atoms with Crippen molar-refractivity contribution < 1.29 is 17.9 Å². The quantitative estimate of drug-likeness (QED) is 0.686. The van der Waals surface area contributed by atoms with Gasteiger partial charge < -0.3 is 10.1 Å². The van der Waals surface area contributed by atoms with E-state index >= 15 is 0 Å². The highest BCUT2D eigenvalue weighted by Gasteiger charge is 2.35. The van der Waals surface area contributed by atoms with Crippen molar-refractivity contribution in [2.75, 3.05) is 26.8 Å². The number of benzene rings is 1. The predicted molar refractivity (Wildman–Crippen MR) is 106 cm³/mol. The summed E-state index contributed by atoms with van der Waals surface area (Å²) in [5.74, 6) is -0.288. The highest BCUT2D eigenvalue weighted by molar-refractivity contribution is 7.89. The highest BCUT2D eigenvalue weighted by Crippen LogP contribution is 2.31. The standard InChI is InChI=1S/C20H32N2O4S/c1-15-12-16(2)20(17(3)13-15)27(24,25)22(18-8-6-5-7-9-18)14-19(23)21-10-11-26-4/h12-13,18H,5-11,14H2,1-4H3,(H,21,23). The fourth-order valence-corrected chi connectivity index (χ4v) is 6.02.